The molecule has 0 fully saturated rings. The summed E-state index contributed by atoms with van der Waals surface area (Å²) in [7, 11) is 0. The molecule has 4 rings (SSSR count). The molecule has 1 N–H and O–H groups in total. The number of hydrogen-bond acceptors (Lipinski definition) is 5. The molecule has 0 radical (unpaired) electrons. The molecule has 1 aliphatic rings. The molecule has 3 heterocycles. The first-order chi connectivity index (χ1) is 15.2. The van der Waals surface area contributed by atoms with Crippen molar-refractivity contribution in [1.82, 2.24) is 15.0 Å². The molecule has 0 aliphatic carbocycles. The second-order valence-corrected chi connectivity index (χ2v) is 8.59. The molecule has 6 nitrogen and oxygen atoms in total. The Morgan fingerprint density at radius 3 is 2.81 bits per heavy atom. The molecule has 166 valence electrons. The number of nitriles is 1. The van der Waals surface area contributed by atoms with Crippen LogP contribution in [0.4, 0.5) is 19.0 Å². The summed E-state index contributed by atoms with van der Waals surface area (Å²) in [5, 5.41) is 9.56. The molecule has 2 aromatic heterocycles. The zero-order valence-electron chi connectivity index (χ0n) is 17.6. The number of alkyl halides is 3. The summed E-state index contributed by atoms with van der Waals surface area (Å²) in [5.74, 6) is 0.867. The summed E-state index contributed by atoms with van der Waals surface area (Å²) < 4.78 is 45.2. The van der Waals surface area contributed by atoms with Crippen LogP contribution in [0.1, 0.15) is 43.9 Å². The number of aromatic amines is 1. The Balaban J connectivity index is 1.68. The SMILES string of the molecule is CC(C)(C#N)CCC1COc2ccccc2C1C=Nc1ncnc2[nH]c(C(F)(F)F)cc12. The molecule has 0 amide bonds. The first-order valence-electron chi connectivity index (χ1n) is 10.3. The molecule has 3 aromatic rings. The Morgan fingerprint density at radius 2 is 2.06 bits per heavy atom. The number of benzene rings is 1. The van der Waals surface area contributed by atoms with Crippen LogP contribution < -0.4 is 4.74 Å². The maximum absolute atomic E-state index is 13.1. The van der Waals surface area contributed by atoms with Gasteiger partial charge in [0.05, 0.1) is 23.5 Å². The molecule has 0 bridgehead atoms. The van der Waals surface area contributed by atoms with Gasteiger partial charge >= 0.3 is 6.18 Å². The zero-order valence-corrected chi connectivity index (χ0v) is 17.6. The van der Waals surface area contributed by atoms with Crippen LogP contribution in [-0.4, -0.2) is 27.8 Å². The van der Waals surface area contributed by atoms with Crippen LogP contribution >= 0.6 is 0 Å². The molecular weight excluding hydrogens is 419 g/mol. The molecule has 32 heavy (non-hydrogen) atoms. The summed E-state index contributed by atoms with van der Waals surface area (Å²) in [6.07, 6.45) is -0.161. The number of nitrogens with zero attached hydrogens (tertiary/aromatic N) is 4. The number of hydrogen-bond donors (Lipinski definition) is 1. The highest BCUT2D eigenvalue weighted by molar-refractivity contribution is 5.88. The van der Waals surface area contributed by atoms with Gasteiger partial charge in [0, 0.05) is 23.6 Å². The van der Waals surface area contributed by atoms with Gasteiger partial charge in [0.2, 0.25) is 0 Å². The van der Waals surface area contributed by atoms with Gasteiger partial charge in [-0.15, -0.1) is 0 Å². The third-order valence-electron chi connectivity index (χ3n) is 5.75. The molecule has 9 heteroatoms. The predicted octanol–water partition coefficient (Wildman–Crippen LogP) is 5.80. The van der Waals surface area contributed by atoms with Crippen molar-refractivity contribution in [2.24, 2.45) is 16.3 Å². The maximum atomic E-state index is 13.1. The van der Waals surface area contributed by atoms with Gasteiger partial charge in [0.15, 0.2) is 5.82 Å². The molecule has 2 atom stereocenters. The minimum absolute atomic E-state index is 0.0653. The quantitative estimate of drug-likeness (QED) is 0.507. The van der Waals surface area contributed by atoms with Crippen molar-refractivity contribution in [3.8, 4) is 11.8 Å². The largest absolute Gasteiger partial charge is 0.493 e. The van der Waals surface area contributed by atoms with Crippen LogP contribution in [0.15, 0.2) is 41.7 Å². The summed E-state index contributed by atoms with van der Waals surface area (Å²) in [5.41, 5.74) is -0.314. The standard InChI is InChI=1S/C23H22F3N5O/c1-22(2,12-27)8-7-14-11-32-18-6-4-3-5-15(18)17(14)10-28-20-16-9-19(23(24,25)26)31-21(16)30-13-29-20/h3-6,9-10,13-14,17H,7-8,11H2,1-2H3,(H,29,30,31). The predicted molar refractivity (Wildman–Crippen MR) is 114 cm³/mol. The Labute approximate surface area is 183 Å². The topological polar surface area (TPSA) is 86.9 Å². The lowest BCUT2D eigenvalue weighted by Crippen LogP contribution is -2.28. The minimum Gasteiger partial charge on any atom is -0.493 e. The van der Waals surface area contributed by atoms with E-state index < -0.39 is 17.3 Å². The number of aromatic nitrogens is 3. The minimum atomic E-state index is -4.51. The Morgan fingerprint density at radius 1 is 1.28 bits per heavy atom. The fourth-order valence-electron chi connectivity index (χ4n) is 3.84. The first-order valence-corrected chi connectivity index (χ1v) is 10.3. The monoisotopic (exact) mass is 441 g/mol. The van der Waals surface area contributed by atoms with E-state index in [1.165, 1.54) is 6.33 Å². The number of para-hydroxylation sites is 1. The lowest BCUT2D eigenvalue weighted by atomic mass is 9.78. The van der Waals surface area contributed by atoms with Crippen LogP contribution in [0.25, 0.3) is 11.0 Å². The summed E-state index contributed by atoms with van der Waals surface area (Å²) in [6.45, 7) is 4.27. The molecular formula is C23H22F3N5O. The Bertz CT molecular complexity index is 1190. The lowest BCUT2D eigenvalue weighted by molar-refractivity contribution is -0.140. The Hall–Kier alpha value is -3.41. The van der Waals surface area contributed by atoms with Crippen molar-refractivity contribution in [3.05, 3.63) is 47.9 Å². The number of fused-ring (bicyclic) bond motifs is 2. The van der Waals surface area contributed by atoms with Crippen molar-refractivity contribution < 1.29 is 17.9 Å². The Kier molecular flexibility index (Phi) is 5.63. The summed E-state index contributed by atoms with van der Waals surface area (Å²) in [6, 6.07) is 10.9. The number of halogens is 3. The highest BCUT2D eigenvalue weighted by atomic mass is 19.4. The summed E-state index contributed by atoms with van der Waals surface area (Å²) in [4.78, 5) is 14.8. The van der Waals surface area contributed by atoms with E-state index in [0.29, 0.717) is 13.0 Å². The highest BCUT2D eigenvalue weighted by Gasteiger charge is 2.34. The molecule has 2 unspecified atom stereocenters. The number of aliphatic imine (C=N–C) groups is 1. The molecule has 1 aliphatic heterocycles. The van der Waals surface area contributed by atoms with Crippen LogP contribution in [0.2, 0.25) is 0 Å². The first kappa shape index (κ1) is 21.8. The van der Waals surface area contributed by atoms with Crippen LogP contribution in [0.5, 0.6) is 5.75 Å². The van der Waals surface area contributed by atoms with Gasteiger partial charge in [-0.1, -0.05) is 18.2 Å². The number of H-pyrrole nitrogens is 1. The third kappa shape index (κ3) is 4.44. The van der Waals surface area contributed by atoms with Crippen LogP contribution in [0.3, 0.4) is 0 Å². The molecule has 0 saturated carbocycles. The number of rotatable bonds is 5. The van der Waals surface area contributed by atoms with Crippen LogP contribution in [-0.2, 0) is 6.18 Å². The van der Waals surface area contributed by atoms with Gasteiger partial charge in [-0.05, 0) is 38.8 Å². The molecule has 0 saturated heterocycles. The van der Waals surface area contributed by atoms with Gasteiger partial charge < -0.3 is 9.72 Å². The fraction of sp³-hybridized carbons (Fsp3) is 0.391. The van der Waals surface area contributed by atoms with E-state index in [1.54, 1.807) is 6.21 Å². The average molecular weight is 441 g/mol. The van der Waals surface area contributed by atoms with Crippen molar-refractivity contribution >= 4 is 23.1 Å². The van der Waals surface area contributed by atoms with E-state index in [1.807, 2.05) is 38.1 Å². The van der Waals surface area contributed by atoms with E-state index in [0.717, 1.165) is 23.8 Å². The summed E-state index contributed by atoms with van der Waals surface area (Å²) >= 11 is 0. The fourth-order valence-corrected chi connectivity index (χ4v) is 3.84. The van der Waals surface area contributed by atoms with Gasteiger partial charge in [0.25, 0.3) is 0 Å². The van der Waals surface area contributed by atoms with Crippen molar-refractivity contribution in [1.29, 1.82) is 5.26 Å². The van der Waals surface area contributed by atoms with Gasteiger partial charge in [-0.25, -0.2) is 15.0 Å². The van der Waals surface area contributed by atoms with Crippen molar-refractivity contribution in [3.63, 3.8) is 0 Å². The smallest absolute Gasteiger partial charge is 0.431 e. The van der Waals surface area contributed by atoms with E-state index in [2.05, 4.69) is 26.0 Å². The highest BCUT2D eigenvalue weighted by Crippen LogP contribution is 2.40. The average Bonchev–Trinajstić information content (AvgIpc) is 3.22. The van der Waals surface area contributed by atoms with Crippen molar-refractivity contribution in [2.75, 3.05) is 6.61 Å². The maximum Gasteiger partial charge on any atom is 0.431 e. The van der Waals surface area contributed by atoms with Gasteiger partial charge in [-0.3, -0.25) is 0 Å². The van der Waals surface area contributed by atoms with E-state index in [9.17, 15) is 18.4 Å². The molecule has 1 aromatic carbocycles. The van der Waals surface area contributed by atoms with Gasteiger partial charge in [0.1, 0.15) is 23.4 Å². The van der Waals surface area contributed by atoms with Gasteiger partial charge in [-0.2, -0.15) is 18.4 Å². The second-order valence-electron chi connectivity index (χ2n) is 8.59. The van der Waals surface area contributed by atoms with E-state index in [-0.39, 0.29) is 28.7 Å². The zero-order chi connectivity index (χ0) is 22.9. The van der Waals surface area contributed by atoms with Crippen LogP contribution in [0, 0.1) is 22.7 Å². The normalized spacial score (nSPS) is 19.0. The third-order valence-corrected chi connectivity index (χ3v) is 5.75. The lowest BCUT2D eigenvalue weighted by Gasteiger charge is -2.32. The number of nitrogens with one attached hydrogen (secondary N) is 1. The second kappa shape index (κ2) is 8.26. The van der Waals surface area contributed by atoms with E-state index >= 15 is 0 Å². The molecule has 0 spiro atoms. The number of ether oxygens (including phenoxy) is 1. The van der Waals surface area contributed by atoms with Crippen molar-refractivity contribution in [2.45, 2.75) is 38.8 Å². The van der Waals surface area contributed by atoms with E-state index in [4.69, 9.17) is 4.74 Å².